The molecule has 0 N–H and O–H groups in total. The first-order valence-corrected chi connectivity index (χ1v) is 6.80. The van der Waals surface area contributed by atoms with Crippen molar-refractivity contribution in [1.82, 2.24) is 0 Å². The molecule has 0 aliphatic heterocycles. The van der Waals surface area contributed by atoms with Crippen LogP contribution >= 0.6 is 15.9 Å². The minimum atomic E-state index is -3.56. The number of fused-ring (bicyclic) bond motifs is 3. The fourth-order valence-electron chi connectivity index (χ4n) is 2.39. The quantitative estimate of drug-likeness (QED) is 0.359. The van der Waals surface area contributed by atoms with Crippen molar-refractivity contribution in [1.29, 1.82) is 0 Å². The highest BCUT2D eigenvalue weighted by Crippen LogP contribution is 2.34. The standard InChI is InChI=1S/C16H9BrF2O/c17-16(18,19)15(20)14-9-10-5-1-2-6-11(10)12-7-3-4-8-13(12)14/h1-9H. The molecule has 0 amide bonds. The molecule has 0 atom stereocenters. The first-order valence-electron chi connectivity index (χ1n) is 6.00. The van der Waals surface area contributed by atoms with Crippen LogP contribution in [-0.4, -0.2) is 10.6 Å². The summed E-state index contributed by atoms with van der Waals surface area (Å²) in [6, 6.07) is 16.0. The summed E-state index contributed by atoms with van der Waals surface area (Å²) in [7, 11) is 0. The highest BCUT2D eigenvalue weighted by molar-refractivity contribution is 9.10. The minimum Gasteiger partial charge on any atom is -0.286 e. The van der Waals surface area contributed by atoms with E-state index in [9.17, 15) is 13.6 Å². The van der Waals surface area contributed by atoms with Crippen LogP contribution in [0.5, 0.6) is 0 Å². The van der Waals surface area contributed by atoms with E-state index in [1.165, 1.54) is 6.07 Å². The Balaban J connectivity index is 2.44. The van der Waals surface area contributed by atoms with Gasteiger partial charge in [-0.1, -0.05) is 48.5 Å². The predicted molar refractivity (Wildman–Crippen MR) is 79.7 cm³/mol. The van der Waals surface area contributed by atoms with Crippen LogP contribution in [-0.2, 0) is 0 Å². The van der Waals surface area contributed by atoms with Gasteiger partial charge in [0.1, 0.15) is 0 Å². The number of halogens is 3. The Morgan fingerprint density at radius 3 is 2.10 bits per heavy atom. The number of ketones is 1. The molecular weight excluding hydrogens is 326 g/mol. The van der Waals surface area contributed by atoms with Crippen LogP contribution in [0.15, 0.2) is 54.6 Å². The first kappa shape index (κ1) is 13.2. The van der Waals surface area contributed by atoms with Crippen molar-refractivity contribution in [3.8, 4) is 0 Å². The fraction of sp³-hybridized carbons (Fsp3) is 0.0625. The molecule has 3 aromatic carbocycles. The van der Waals surface area contributed by atoms with Gasteiger partial charge in [0.05, 0.1) is 0 Å². The van der Waals surface area contributed by atoms with Crippen LogP contribution in [0.3, 0.4) is 0 Å². The third kappa shape index (κ3) is 2.10. The Hall–Kier alpha value is -1.81. The first-order chi connectivity index (χ1) is 9.48. The Labute approximate surface area is 122 Å². The zero-order valence-electron chi connectivity index (χ0n) is 10.2. The van der Waals surface area contributed by atoms with E-state index in [0.29, 0.717) is 5.39 Å². The molecule has 0 bridgehead atoms. The van der Waals surface area contributed by atoms with Gasteiger partial charge in [-0.15, -0.1) is 0 Å². The largest absolute Gasteiger partial charge is 0.363 e. The van der Waals surface area contributed by atoms with Crippen molar-refractivity contribution in [3.63, 3.8) is 0 Å². The van der Waals surface area contributed by atoms with E-state index in [2.05, 4.69) is 15.9 Å². The summed E-state index contributed by atoms with van der Waals surface area (Å²) in [5.41, 5.74) is 0.0289. The second-order valence-corrected chi connectivity index (χ2v) is 5.51. The number of hydrogen-bond acceptors (Lipinski definition) is 1. The lowest BCUT2D eigenvalue weighted by Crippen LogP contribution is -2.21. The van der Waals surface area contributed by atoms with Gasteiger partial charge in [0.2, 0.25) is 5.78 Å². The lowest BCUT2D eigenvalue weighted by atomic mass is 9.95. The molecule has 0 spiro atoms. The molecule has 20 heavy (non-hydrogen) atoms. The Morgan fingerprint density at radius 1 is 0.900 bits per heavy atom. The van der Waals surface area contributed by atoms with Crippen LogP contribution in [0.25, 0.3) is 21.5 Å². The van der Waals surface area contributed by atoms with Crippen molar-refractivity contribution in [3.05, 3.63) is 60.2 Å². The normalized spacial score (nSPS) is 11.9. The summed E-state index contributed by atoms with van der Waals surface area (Å²) in [6.07, 6.45) is 0. The van der Waals surface area contributed by atoms with Gasteiger partial charge < -0.3 is 0 Å². The van der Waals surface area contributed by atoms with Gasteiger partial charge in [0.15, 0.2) is 0 Å². The molecule has 4 heteroatoms. The molecule has 0 heterocycles. The summed E-state index contributed by atoms with van der Waals surface area (Å²) in [5, 5.41) is 3.05. The number of rotatable bonds is 2. The van der Waals surface area contributed by atoms with Crippen molar-refractivity contribution in [2.45, 2.75) is 4.83 Å². The van der Waals surface area contributed by atoms with E-state index in [0.717, 1.165) is 16.2 Å². The molecule has 100 valence electrons. The number of Topliss-reactive ketones (excluding diaryl/α,β-unsaturated/α-hetero) is 1. The average molecular weight is 335 g/mol. The van der Waals surface area contributed by atoms with E-state index in [4.69, 9.17) is 0 Å². The molecule has 1 nitrogen and oxygen atoms in total. The summed E-state index contributed by atoms with van der Waals surface area (Å²) >= 11 is 2.15. The van der Waals surface area contributed by atoms with Crippen molar-refractivity contribution in [2.75, 3.05) is 0 Å². The molecule has 0 aliphatic carbocycles. The molecule has 0 unspecified atom stereocenters. The molecule has 0 radical (unpaired) electrons. The molecular formula is C16H9BrF2O. The van der Waals surface area contributed by atoms with Gasteiger partial charge in [-0.25, -0.2) is 0 Å². The van der Waals surface area contributed by atoms with Crippen LogP contribution in [0, 0.1) is 0 Å². The second-order valence-electron chi connectivity index (χ2n) is 4.52. The van der Waals surface area contributed by atoms with Crippen LogP contribution in [0.1, 0.15) is 10.4 Å². The number of carbonyl (C=O) groups excluding carboxylic acids is 1. The van der Waals surface area contributed by atoms with Gasteiger partial charge in [0, 0.05) is 5.56 Å². The zero-order chi connectivity index (χ0) is 14.3. The second kappa shape index (κ2) is 4.63. The Morgan fingerprint density at radius 2 is 1.45 bits per heavy atom. The lowest BCUT2D eigenvalue weighted by molar-refractivity contribution is 0.0594. The molecule has 0 saturated heterocycles. The maximum absolute atomic E-state index is 13.3. The monoisotopic (exact) mass is 334 g/mol. The minimum absolute atomic E-state index is 0.0289. The number of alkyl halides is 3. The zero-order valence-corrected chi connectivity index (χ0v) is 11.8. The van der Waals surface area contributed by atoms with Crippen molar-refractivity contribution in [2.24, 2.45) is 0 Å². The maximum Gasteiger partial charge on any atom is 0.363 e. The van der Waals surface area contributed by atoms with E-state index >= 15 is 0 Å². The average Bonchev–Trinajstić information content (AvgIpc) is 2.44. The highest BCUT2D eigenvalue weighted by atomic mass is 79.9. The third-order valence-electron chi connectivity index (χ3n) is 3.27. The van der Waals surface area contributed by atoms with Gasteiger partial charge in [-0.2, -0.15) is 8.78 Å². The summed E-state index contributed by atoms with van der Waals surface area (Å²) < 4.78 is 26.6. The maximum atomic E-state index is 13.3. The lowest BCUT2D eigenvalue weighted by Gasteiger charge is -2.12. The number of hydrogen-bond donors (Lipinski definition) is 0. The van der Waals surface area contributed by atoms with Crippen LogP contribution in [0.4, 0.5) is 8.78 Å². The fourth-order valence-corrected chi connectivity index (χ4v) is 2.61. The summed E-state index contributed by atoms with van der Waals surface area (Å²) in [4.78, 5) is 8.37. The third-order valence-corrected chi connectivity index (χ3v) is 3.63. The molecule has 3 rings (SSSR count). The molecule has 0 fully saturated rings. The SMILES string of the molecule is O=C(c1cc2ccccc2c2ccccc12)C(F)(F)Br. The van der Waals surface area contributed by atoms with Crippen molar-refractivity contribution >= 4 is 43.3 Å². The Bertz CT molecular complexity index is 821. The smallest absolute Gasteiger partial charge is 0.286 e. The predicted octanol–water partition coefficient (Wildman–Crippen LogP) is 5.16. The van der Waals surface area contributed by atoms with E-state index in [1.807, 2.05) is 36.4 Å². The number of carbonyl (C=O) groups is 1. The summed E-state index contributed by atoms with van der Waals surface area (Å²) in [6.45, 7) is 0. The van der Waals surface area contributed by atoms with Gasteiger partial charge >= 0.3 is 4.83 Å². The topological polar surface area (TPSA) is 17.1 Å². The highest BCUT2D eigenvalue weighted by Gasteiger charge is 2.36. The molecule has 0 aliphatic rings. The van der Waals surface area contributed by atoms with Crippen molar-refractivity contribution < 1.29 is 13.6 Å². The van der Waals surface area contributed by atoms with Gasteiger partial charge in [0.25, 0.3) is 0 Å². The summed E-state index contributed by atoms with van der Waals surface area (Å²) in [5.74, 6) is -1.22. The van der Waals surface area contributed by atoms with E-state index in [1.54, 1.807) is 12.1 Å². The van der Waals surface area contributed by atoms with Crippen LogP contribution in [0.2, 0.25) is 0 Å². The van der Waals surface area contributed by atoms with Gasteiger partial charge in [-0.05, 0) is 43.5 Å². The van der Waals surface area contributed by atoms with Gasteiger partial charge in [-0.3, -0.25) is 4.79 Å². The molecule has 3 aromatic rings. The molecule has 0 aromatic heterocycles. The van der Waals surface area contributed by atoms with E-state index in [-0.39, 0.29) is 5.56 Å². The van der Waals surface area contributed by atoms with Crippen LogP contribution < -0.4 is 0 Å². The molecule has 0 saturated carbocycles. The number of benzene rings is 3. The van der Waals surface area contributed by atoms with E-state index < -0.39 is 10.6 Å². The Kier molecular flexibility index (Phi) is 3.05.